The van der Waals surface area contributed by atoms with Crippen molar-refractivity contribution in [3.8, 4) is 0 Å². The van der Waals surface area contributed by atoms with Gasteiger partial charge in [-0.1, -0.05) is 237 Å². The molecule has 0 aromatic carbocycles. The fourth-order valence-electron chi connectivity index (χ4n) is 7.96. The average Bonchev–Trinajstić information content (AvgIpc) is 3.28. The van der Waals surface area contributed by atoms with Crippen molar-refractivity contribution in [1.82, 2.24) is 0 Å². The highest BCUT2D eigenvalue weighted by atomic mass is 16.6. The van der Waals surface area contributed by atoms with Gasteiger partial charge in [0.05, 0.1) is 0 Å². The summed E-state index contributed by atoms with van der Waals surface area (Å²) in [5, 5.41) is 0. The van der Waals surface area contributed by atoms with Gasteiger partial charge in [0.1, 0.15) is 13.2 Å². The highest BCUT2D eigenvalue weighted by Crippen LogP contribution is 2.16. The van der Waals surface area contributed by atoms with E-state index in [9.17, 15) is 14.4 Å². The molecule has 0 aliphatic rings. The molecule has 0 saturated heterocycles. The maximum absolute atomic E-state index is 12.8. The van der Waals surface area contributed by atoms with Gasteiger partial charge in [0.2, 0.25) is 0 Å². The van der Waals surface area contributed by atoms with Crippen molar-refractivity contribution in [1.29, 1.82) is 0 Å². The summed E-state index contributed by atoms with van der Waals surface area (Å²) < 4.78 is 16.8. The van der Waals surface area contributed by atoms with Gasteiger partial charge in [-0.2, -0.15) is 0 Å². The Kier molecular flexibility index (Phi) is 50.3. The monoisotopic (exact) mass is 885 g/mol. The van der Waals surface area contributed by atoms with E-state index >= 15 is 0 Å². The van der Waals surface area contributed by atoms with Gasteiger partial charge < -0.3 is 14.2 Å². The minimum atomic E-state index is -0.771. The first-order chi connectivity index (χ1) is 31.0. The summed E-state index contributed by atoms with van der Waals surface area (Å²) in [6.07, 6.45) is 61.2. The minimum Gasteiger partial charge on any atom is -0.462 e. The summed E-state index contributed by atoms with van der Waals surface area (Å²) in [7, 11) is 0. The normalized spacial score (nSPS) is 12.2. The summed E-state index contributed by atoms with van der Waals surface area (Å²) in [6.45, 7) is 6.61. The molecule has 0 radical (unpaired) electrons. The topological polar surface area (TPSA) is 78.9 Å². The molecular weight excluding hydrogens is 781 g/mol. The van der Waals surface area contributed by atoms with Crippen LogP contribution in [0.2, 0.25) is 0 Å². The number of allylic oxidation sites excluding steroid dienone is 6. The SMILES string of the molecule is CCCCC/C=C\C=C/CCCCCCCCCCCCC(=O)OCC(COC(=O)CCCCCCCCCCCCC)OC(=O)CCCCCCCCC/C=C\CCCCCC. The van der Waals surface area contributed by atoms with Gasteiger partial charge in [0, 0.05) is 19.3 Å². The maximum Gasteiger partial charge on any atom is 0.306 e. The second-order valence-corrected chi connectivity index (χ2v) is 18.5. The van der Waals surface area contributed by atoms with Crippen LogP contribution >= 0.6 is 0 Å². The lowest BCUT2D eigenvalue weighted by molar-refractivity contribution is -0.167. The molecule has 1 atom stereocenters. The molecule has 0 aliphatic heterocycles. The number of carbonyl (C=O) groups excluding carboxylic acids is 3. The molecule has 0 rings (SSSR count). The number of hydrogen-bond acceptors (Lipinski definition) is 6. The zero-order chi connectivity index (χ0) is 45.8. The van der Waals surface area contributed by atoms with E-state index in [2.05, 4.69) is 57.2 Å². The first-order valence-electron chi connectivity index (χ1n) is 27.5. The molecule has 0 aliphatic carbocycles. The van der Waals surface area contributed by atoms with Crippen molar-refractivity contribution in [2.24, 2.45) is 0 Å². The van der Waals surface area contributed by atoms with E-state index in [0.717, 1.165) is 57.8 Å². The summed E-state index contributed by atoms with van der Waals surface area (Å²) >= 11 is 0. The molecule has 63 heavy (non-hydrogen) atoms. The van der Waals surface area contributed by atoms with Gasteiger partial charge in [0.25, 0.3) is 0 Å². The number of carbonyl (C=O) groups is 3. The summed E-state index contributed by atoms with van der Waals surface area (Å²) in [5.41, 5.74) is 0. The van der Waals surface area contributed by atoms with E-state index in [-0.39, 0.29) is 31.1 Å². The Balaban J connectivity index is 4.31. The third kappa shape index (κ3) is 50.5. The van der Waals surface area contributed by atoms with Crippen LogP contribution in [-0.2, 0) is 28.6 Å². The average molecular weight is 885 g/mol. The Labute approximate surface area is 391 Å². The highest BCUT2D eigenvalue weighted by molar-refractivity contribution is 5.71. The lowest BCUT2D eigenvalue weighted by Crippen LogP contribution is -2.30. The molecule has 0 fully saturated rings. The fraction of sp³-hybridized carbons (Fsp3) is 0.842. The number of rotatable bonds is 50. The van der Waals surface area contributed by atoms with Crippen LogP contribution < -0.4 is 0 Å². The van der Waals surface area contributed by atoms with Gasteiger partial charge in [-0.05, 0) is 70.6 Å². The molecule has 0 aromatic heterocycles. The summed E-state index contributed by atoms with van der Waals surface area (Å²) in [4.78, 5) is 38.0. The number of hydrogen-bond donors (Lipinski definition) is 0. The van der Waals surface area contributed by atoms with Crippen molar-refractivity contribution in [2.75, 3.05) is 13.2 Å². The maximum atomic E-state index is 12.8. The van der Waals surface area contributed by atoms with E-state index in [4.69, 9.17) is 14.2 Å². The van der Waals surface area contributed by atoms with Crippen molar-refractivity contribution < 1.29 is 28.6 Å². The Hall–Kier alpha value is -2.37. The number of unbranched alkanes of at least 4 members (excludes halogenated alkanes) is 34. The molecule has 0 aromatic rings. The molecule has 0 amide bonds. The summed E-state index contributed by atoms with van der Waals surface area (Å²) in [6, 6.07) is 0. The van der Waals surface area contributed by atoms with Gasteiger partial charge in [-0.25, -0.2) is 0 Å². The molecule has 0 heterocycles. The fourth-order valence-corrected chi connectivity index (χ4v) is 7.96. The second-order valence-electron chi connectivity index (χ2n) is 18.5. The molecule has 368 valence electrons. The highest BCUT2D eigenvalue weighted by Gasteiger charge is 2.19. The van der Waals surface area contributed by atoms with E-state index in [1.54, 1.807) is 0 Å². The van der Waals surface area contributed by atoms with Gasteiger partial charge in [-0.15, -0.1) is 0 Å². The van der Waals surface area contributed by atoms with Crippen LogP contribution in [-0.4, -0.2) is 37.2 Å². The van der Waals surface area contributed by atoms with E-state index in [1.807, 2.05) is 0 Å². The Bertz CT molecular complexity index is 1060. The molecule has 6 heteroatoms. The van der Waals surface area contributed by atoms with Gasteiger partial charge in [-0.3, -0.25) is 14.4 Å². The van der Waals surface area contributed by atoms with E-state index in [0.29, 0.717) is 19.3 Å². The number of ether oxygens (including phenoxy) is 3. The first-order valence-corrected chi connectivity index (χ1v) is 27.5. The molecule has 0 saturated carbocycles. The van der Waals surface area contributed by atoms with Crippen molar-refractivity contribution in [3.05, 3.63) is 36.5 Å². The standard InChI is InChI=1S/C57H104O6/c1-4-7-10-13-16-19-22-24-26-27-28-29-31-32-35-38-41-44-47-50-56(59)62-53-54(52-61-55(58)49-46-43-40-37-34-21-18-15-12-9-6-3)63-57(60)51-48-45-42-39-36-33-30-25-23-20-17-14-11-8-5-2/h16,19-20,22-24,54H,4-15,17-18,21,25-53H2,1-3H3/b19-16-,23-20-,24-22-. The first kappa shape index (κ1) is 60.6. The van der Waals surface area contributed by atoms with Crippen LogP contribution in [0.1, 0.15) is 290 Å². The van der Waals surface area contributed by atoms with Gasteiger partial charge >= 0.3 is 17.9 Å². The largest absolute Gasteiger partial charge is 0.462 e. The quantitative estimate of drug-likeness (QED) is 0.0199. The second kappa shape index (κ2) is 52.3. The molecule has 0 spiro atoms. The van der Waals surface area contributed by atoms with Crippen LogP contribution in [0.25, 0.3) is 0 Å². The van der Waals surface area contributed by atoms with Gasteiger partial charge in [0.15, 0.2) is 6.10 Å². The molecule has 0 bridgehead atoms. The molecule has 6 nitrogen and oxygen atoms in total. The lowest BCUT2D eigenvalue weighted by Gasteiger charge is -2.18. The van der Waals surface area contributed by atoms with Crippen LogP contribution in [0.5, 0.6) is 0 Å². The zero-order valence-electron chi connectivity index (χ0n) is 42.1. The Morgan fingerprint density at radius 2 is 0.571 bits per heavy atom. The molecular formula is C57H104O6. The van der Waals surface area contributed by atoms with Crippen LogP contribution in [0, 0.1) is 0 Å². The van der Waals surface area contributed by atoms with E-state index < -0.39 is 6.10 Å². The smallest absolute Gasteiger partial charge is 0.306 e. The zero-order valence-corrected chi connectivity index (χ0v) is 42.1. The molecule has 1 unspecified atom stereocenters. The predicted molar refractivity (Wildman–Crippen MR) is 270 cm³/mol. The van der Waals surface area contributed by atoms with Crippen molar-refractivity contribution in [2.45, 2.75) is 297 Å². The number of esters is 3. The van der Waals surface area contributed by atoms with Crippen molar-refractivity contribution >= 4 is 17.9 Å². The van der Waals surface area contributed by atoms with Crippen LogP contribution in [0.3, 0.4) is 0 Å². The Morgan fingerprint density at radius 3 is 0.937 bits per heavy atom. The van der Waals surface area contributed by atoms with Crippen molar-refractivity contribution in [3.63, 3.8) is 0 Å². The van der Waals surface area contributed by atoms with Crippen LogP contribution in [0.15, 0.2) is 36.5 Å². The summed E-state index contributed by atoms with van der Waals surface area (Å²) in [5.74, 6) is -0.867. The molecule has 0 N–H and O–H groups in total. The van der Waals surface area contributed by atoms with Crippen LogP contribution in [0.4, 0.5) is 0 Å². The minimum absolute atomic E-state index is 0.0716. The predicted octanol–water partition coefficient (Wildman–Crippen LogP) is 18.1. The third-order valence-electron chi connectivity index (χ3n) is 12.1. The third-order valence-corrected chi connectivity index (χ3v) is 12.1. The van der Waals surface area contributed by atoms with E-state index in [1.165, 1.54) is 193 Å². The lowest BCUT2D eigenvalue weighted by atomic mass is 10.1. The Morgan fingerprint density at radius 1 is 0.317 bits per heavy atom.